The van der Waals surface area contributed by atoms with Crippen LogP contribution in [0.1, 0.15) is 24.4 Å². The highest BCUT2D eigenvalue weighted by Crippen LogP contribution is 2.15. The number of rotatable bonds is 4. The summed E-state index contributed by atoms with van der Waals surface area (Å²) in [5, 5.41) is 5.15. The Kier molecular flexibility index (Phi) is 4.79. The van der Waals surface area contributed by atoms with Crippen LogP contribution in [0.2, 0.25) is 0 Å². The highest BCUT2D eigenvalue weighted by molar-refractivity contribution is 6.39. The molecule has 0 unspecified atom stereocenters. The fourth-order valence-electron chi connectivity index (χ4n) is 2.67. The van der Waals surface area contributed by atoms with Gasteiger partial charge in [-0.1, -0.05) is 0 Å². The molecule has 0 saturated carbocycles. The number of aromatic nitrogens is 2. The Morgan fingerprint density at radius 3 is 2.71 bits per heavy atom. The smallest absolute Gasteiger partial charge is 0.313 e. The molecule has 0 aliphatic carbocycles. The van der Waals surface area contributed by atoms with Gasteiger partial charge in [-0.05, 0) is 37.1 Å². The molecule has 2 amide bonds. The van der Waals surface area contributed by atoms with Gasteiger partial charge in [0.15, 0.2) is 0 Å². The minimum Gasteiger partial charge on any atom is -0.497 e. The molecule has 0 saturated heterocycles. The molecule has 1 aliphatic rings. The van der Waals surface area contributed by atoms with Crippen molar-refractivity contribution in [3.05, 3.63) is 42.0 Å². The van der Waals surface area contributed by atoms with E-state index in [1.54, 1.807) is 31.4 Å². The van der Waals surface area contributed by atoms with Gasteiger partial charge < -0.3 is 19.9 Å². The van der Waals surface area contributed by atoms with Gasteiger partial charge in [-0.25, -0.2) is 4.98 Å². The van der Waals surface area contributed by atoms with Crippen LogP contribution >= 0.6 is 0 Å². The van der Waals surface area contributed by atoms with Gasteiger partial charge in [-0.15, -0.1) is 0 Å². The van der Waals surface area contributed by atoms with E-state index >= 15 is 0 Å². The van der Waals surface area contributed by atoms with Crippen molar-refractivity contribution in [1.29, 1.82) is 0 Å². The maximum absolute atomic E-state index is 11.9. The Bertz CT molecular complexity index is 713. The maximum atomic E-state index is 11.9. The number of hydrogen-bond donors (Lipinski definition) is 2. The molecule has 0 radical (unpaired) electrons. The third-order valence-corrected chi connectivity index (χ3v) is 3.94. The lowest BCUT2D eigenvalue weighted by Crippen LogP contribution is -2.35. The van der Waals surface area contributed by atoms with E-state index in [4.69, 9.17) is 4.74 Å². The summed E-state index contributed by atoms with van der Waals surface area (Å²) in [4.78, 5) is 28.3. The molecule has 0 spiro atoms. The Labute approximate surface area is 140 Å². The molecule has 0 bridgehead atoms. The zero-order valence-corrected chi connectivity index (χ0v) is 13.5. The third-order valence-electron chi connectivity index (χ3n) is 3.94. The molecule has 2 N–H and O–H groups in total. The van der Waals surface area contributed by atoms with Crippen LogP contribution in [0.25, 0.3) is 0 Å². The van der Waals surface area contributed by atoms with Crippen LogP contribution in [0.5, 0.6) is 5.75 Å². The first kappa shape index (κ1) is 16.0. The minimum absolute atomic E-state index is 0.245. The van der Waals surface area contributed by atoms with Crippen molar-refractivity contribution in [3.63, 3.8) is 0 Å². The van der Waals surface area contributed by atoms with E-state index in [1.807, 2.05) is 6.20 Å². The Balaban J connectivity index is 1.52. The lowest BCUT2D eigenvalue weighted by atomic mass is 10.2. The summed E-state index contributed by atoms with van der Waals surface area (Å²) < 4.78 is 7.16. The van der Waals surface area contributed by atoms with Gasteiger partial charge in [0.2, 0.25) is 0 Å². The first-order valence-electron chi connectivity index (χ1n) is 7.94. The van der Waals surface area contributed by atoms with Crippen LogP contribution < -0.4 is 15.4 Å². The van der Waals surface area contributed by atoms with Gasteiger partial charge >= 0.3 is 11.8 Å². The number of carbonyl (C=O) groups is 2. The summed E-state index contributed by atoms with van der Waals surface area (Å²) in [7, 11) is 1.56. The summed E-state index contributed by atoms with van der Waals surface area (Å²) in [5.41, 5.74) is 1.31. The van der Waals surface area contributed by atoms with Gasteiger partial charge in [0, 0.05) is 24.8 Å². The number of fused-ring (bicyclic) bond motifs is 1. The van der Waals surface area contributed by atoms with Crippen molar-refractivity contribution in [3.8, 4) is 5.75 Å². The fraction of sp³-hybridized carbons (Fsp3) is 0.353. The molecule has 1 aromatic carbocycles. The zero-order chi connectivity index (χ0) is 16.9. The van der Waals surface area contributed by atoms with E-state index in [9.17, 15) is 9.59 Å². The SMILES string of the molecule is COc1ccc(NC(=O)C(=O)NCc2cn3c(n2)CCCC3)cc1. The van der Waals surface area contributed by atoms with Crippen LogP contribution in [0.4, 0.5) is 5.69 Å². The second-order valence-electron chi connectivity index (χ2n) is 5.66. The van der Waals surface area contributed by atoms with Crippen molar-refractivity contribution in [2.45, 2.75) is 32.4 Å². The number of nitrogens with zero attached hydrogens (tertiary/aromatic N) is 2. The van der Waals surface area contributed by atoms with Gasteiger partial charge in [0.05, 0.1) is 19.3 Å². The van der Waals surface area contributed by atoms with Crippen molar-refractivity contribution in [2.24, 2.45) is 0 Å². The summed E-state index contributed by atoms with van der Waals surface area (Å²) in [6, 6.07) is 6.77. The number of hydrogen-bond acceptors (Lipinski definition) is 4. The van der Waals surface area contributed by atoms with Crippen LogP contribution in [0, 0.1) is 0 Å². The summed E-state index contributed by atoms with van der Waals surface area (Å²) in [5.74, 6) is 0.343. The summed E-state index contributed by atoms with van der Waals surface area (Å²) in [6.07, 6.45) is 5.20. The molecular weight excluding hydrogens is 308 g/mol. The molecule has 0 fully saturated rings. The number of aryl methyl sites for hydroxylation is 2. The van der Waals surface area contributed by atoms with Crippen LogP contribution in [0.15, 0.2) is 30.5 Å². The Morgan fingerprint density at radius 2 is 2.00 bits per heavy atom. The number of benzene rings is 1. The standard InChI is InChI=1S/C17H20N4O3/c1-24-14-7-5-12(6-8-14)20-17(23)16(22)18-10-13-11-21-9-3-2-4-15(21)19-13/h5-8,11H,2-4,9-10H2,1H3,(H,18,22)(H,20,23). The monoisotopic (exact) mass is 328 g/mol. The molecule has 1 aliphatic heterocycles. The number of amides is 2. The lowest BCUT2D eigenvalue weighted by molar-refractivity contribution is -0.136. The van der Waals surface area contributed by atoms with Crippen LogP contribution in [-0.4, -0.2) is 28.5 Å². The first-order valence-corrected chi connectivity index (χ1v) is 7.94. The number of methoxy groups -OCH3 is 1. The maximum Gasteiger partial charge on any atom is 0.313 e. The highest BCUT2D eigenvalue weighted by atomic mass is 16.5. The molecule has 126 valence electrons. The predicted octanol–water partition coefficient (Wildman–Crippen LogP) is 1.48. The van der Waals surface area contributed by atoms with Gasteiger partial charge in [-0.3, -0.25) is 9.59 Å². The van der Waals surface area contributed by atoms with E-state index in [0.717, 1.165) is 37.3 Å². The van der Waals surface area contributed by atoms with Crippen molar-refractivity contribution >= 4 is 17.5 Å². The number of imidazole rings is 1. The topological polar surface area (TPSA) is 85.2 Å². The normalized spacial score (nSPS) is 13.0. The molecule has 1 aromatic heterocycles. The quantitative estimate of drug-likeness (QED) is 0.833. The molecule has 2 heterocycles. The largest absolute Gasteiger partial charge is 0.497 e. The predicted molar refractivity (Wildman–Crippen MR) is 88.6 cm³/mol. The molecule has 7 nitrogen and oxygen atoms in total. The van der Waals surface area contributed by atoms with Crippen molar-refractivity contribution < 1.29 is 14.3 Å². The van der Waals surface area contributed by atoms with Crippen LogP contribution in [-0.2, 0) is 29.1 Å². The average molecular weight is 328 g/mol. The zero-order valence-electron chi connectivity index (χ0n) is 13.5. The van der Waals surface area contributed by atoms with Crippen LogP contribution in [0.3, 0.4) is 0 Å². The summed E-state index contributed by atoms with van der Waals surface area (Å²) in [6.45, 7) is 1.21. The van der Waals surface area contributed by atoms with Gasteiger partial charge in [0.25, 0.3) is 0 Å². The van der Waals surface area contributed by atoms with Crippen molar-refractivity contribution in [1.82, 2.24) is 14.9 Å². The minimum atomic E-state index is -0.705. The molecule has 24 heavy (non-hydrogen) atoms. The fourth-order valence-corrected chi connectivity index (χ4v) is 2.67. The van der Waals surface area contributed by atoms with E-state index < -0.39 is 11.8 Å². The Hall–Kier alpha value is -2.83. The highest BCUT2D eigenvalue weighted by Gasteiger charge is 2.16. The number of nitrogens with one attached hydrogen (secondary N) is 2. The number of ether oxygens (including phenoxy) is 1. The van der Waals surface area contributed by atoms with E-state index in [-0.39, 0.29) is 6.54 Å². The molecule has 2 aromatic rings. The second-order valence-corrected chi connectivity index (χ2v) is 5.66. The van der Waals surface area contributed by atoms with Gasteiger partial charge in [0.1, 0.15) is 11.6 Å². The van der Waals surface area contributed by atoms with E-state index in [0.29, 0.717) is 11.4 Å². The van der Waals surface area contributed by atoms with Gasteiger partial charge in [-0.2, -0.15) is 0 Å². The molecule has 0 atom stereocenters. The lowest BCUT2D eigenvalue weighted by Gasteiger charge is -2.11. The first-order chi connectivity index (χ1) is 11.7. The number of carbonyl (C=O) groups excluding carboxylic acids is 2. The molecule has 7 heteroatoms. The molecule has 3 rings (SSSR count). The van der Waals surface area contributed by atoms with E-state index in [1.165, 1.54) is 0 Å². The second kappa shape index (κ2) is 7.16. The third kappa shape index (κ3) is 3.73. The molecular formula is C17H20N4O3. The van der Waals surface area contributed by atoms with E-state index in [2.05, 4.69) is 20.2 Å². The average Bonchev–Trinajstić information content (AvgIpc) is 3.03. The number of anilines is 1. The Morgan fingerprint density at radius 1 is 1.21 bits per heavy atom. The van der Waals surface area contributed by atoms with Crippen molar-refractivity contribution in [2.75, 3.05) is 12.4 Å². The summed E-state index contributed by atoms with van der Waals surface area (Å²) >= 11 is 0.